The van der Waals surface area contributed by atoms with Crippen molar-refractivity contribution < 1.29 is 4.39 Å². The Balaban J connectivity index is 2.31. The van der Waals surface area contributed by atoms with Crippen molar-refractivity contribution in [3.05, 3.63) is 42.7 Å². The number of unbranched alkanes of at least 4 members (excludes halogenated alkanes) is 3. The lowest BCUT2D eigenvalue weighted by atomic mass is 10.1. The molecule has 0 aliphatic rings. The van der Waals surface area contributed by atoms with E-state index < -0.39 is 0 Å². The largest absolute Gasteiger partial charge is 0.313 e. The quantitative estimate of drug-likeness (QED) is 0.349. The number of thioether (sulfide) groups is 1. The predicted molar refractivity (Wildman–Crippen MR) is 87.9 cm³/mol. The molecule has 1 atom stereocenters. The molecular weight excluding hydrogens is 269 g/mol. The molecule has 1 aromatic rings. The second kappa shape index (κ2) is 10.9. The molecule has 1 aromatic carbocycles. The van der Waals surface area contributed by atoms with Crippen molar-refractivity contribution in [3.8, 4) is 0 Å². The number of rotatable bonds is 11. The Hall–Kier alpha value is -0.800. The molecule has 0 aliphatic carbocycles. The van der Waals surface area contributed by atoms with E-state index in [0.717, 1.165) is 30.0 Å². The average Bonchev–Trinajstić information content (AvgIpc) is 2.46. The molecule has 0 bridgehead atoms. The van der Waals surface area contributed by atoms with E-state index >= 15 is 0 Å². The predicted octanol–water partition coefficient (Wildman–Crippen LogP) is 5.03. The molecule has 1 unspecified atom stereocenters. The topological polar surface area (TPSA) is 12.0 Å². The minimum absolute atomic E-state index is 0.112. The SMILES string of the molecule is C=CCCCCCC(CSc1ccccc1F)NCC. The highest BCUT2D eigenvalue weighted by molar-refractivity contribution is 7.99. The fourth-order valence-corrected chi connectivity index (χ4v) is 3.19. The van der Waals surface area contributed by atoms with E-state index in [1.807, 2.05) is 18.2 Å². The zero-order valence-electron chi connectivity index (χ0n) is 12.4. The minimum atomic E-state index is -0.112. The first-order valence-electron chi connectivity index (χ1n) is 7.49. The van der Waals surface area contributed by atoms with Gasteiger partial charge in [0.15, 0.2) is 0 Å². The van der Waals surface area contributed by atoms with Crippen molar-refractivity contribution in [2.75, 3.05) is 12.3 Å². The molecule has 0 aliphatic heterocycles. The molecule has 0 spiro atoms. The van der Waals surface area contributed by atoms with Crippen LogP contribution in [0, 0.1) is 5.82 Å². The Kier molecular flexibility index (Phi) is 9.42. The van der Waals surface area contributed by atoms with Gasteiger partial charge in [-0.05, 0) is 37.9 Å². The molecule has 0 saturated heterocycles. The van der Waals surface area contributed by atoms with Crippen molar-refractivity contribution >= 4 is 11.8 Å². The Morgan fingerprint density at radius 3 is 2.80 bits per heavy atom. The molecule has 3 heteroatoms. The summed E-state index contributed by atoms with van der Waals surface area (Å²) in [6.45, 7) is 6.83. The first-order chi connectivity index (χ1) is 9.77. The van der Waals surface area contributed by atoms with Crippen molar-refractivity contribution in [1.82, 2.24) is 5.32 Å². The van der Waals surface area contributed by atoms with E-state index in [0.29, 0.717) is 6.04 Å². The van der Waals surface area contributed by atoms with Gasteiger partial charge in [0.25, 0.3) is 0 Å². The highest BCUT2D eigenvalue weighted by Crippen LogP contribution is 2.23. The minimum Gasteiger partial charge on any atom is -0.313 e. The van der Waals surface area contributed by atoms with Crippen LogP contribution >= 0.6 is 11.8 Å². The van der Waals surface area contributed by atoms with Crippen LogP contribution in [0.4, 0.5) is 4.39 Å². The van der Waals surface area contributed by atoms with Gasteiger partial charge >= 0.3 is 0 Å². The zero-order valence-corrected chi connectivity index (χ0v) is 13.2. The maximum absolute atomic E-state index is 13.6. The number of benzene rings is 1. The lowest BCUT2D eigenvalue weighted by Gasteiger charge is -2.17. The third-order valence-electron chi connectivity index (χ3n) is 3.23. The summed E-state index contributed by atoms with van der Waals surface area (Å²) >= 11 is 1.61. The summed E-state index contributed by atoms with van der Waals surface area (Å²) in [5, 5.41) is 3.50. The summed E-state index contributed by atoms with van der Waals surface area (Å²) in [4.78, 5) is 0.752. The fourth-order valence-electron chi connectivity index (χ4n) is 2.14. The molecular formula is C17H26FNS. The van der Waals surface area contributed by atoms with Crippen LogP contribution in [0.15, 0.2) is 41.8 Å². The third kappa shape index (κ3) is 7.11. The molecule has 0 radical (unpaired) electrons. The number of halogens is 1. The first-order valence-corrected chi connectivity index (χ1v) is 8.48. The van der Waals surface area contributed by atoms with Crippen LogP contribution in [0.5, 0.6) is 0 Å². The lowest BCUT2D eigenvalue weighted by molar-refractivity contribution is 0.502. The van der Waals surface area contributed by atoms with Gasteiger partial charge < -0.3 is 5.32 Å². The zero-order chi connectivity index (χ0) is 14.6. The first kappa shape index (κ1) is 17.3. The van der Waals surface area contributed by atoms with E-state index in [4.69, 9.17) is 0 Å². The molecule has 1 nitrogen and oxygen atoms in total. The van der Waals surface area contributed by atoms with E-state index in [9.17, 15) is 4.39 Å². The lowest BCUT2D eigenvalue weighted by Crippen LogP contribution is -2.31. The molecule has 0 heterocycles. The Morgan fingerprint density at radius 2 is 2.10 bits per heavy atom. The summed E-state index contributed by atoms with van der Waals surface area (Å²) in [6.07, 6.45) is 7.95. The van der Waals surface area contributed by atoms with Crippen molar-refractivity contribution in [1.29, 1.82) is 0 Å². The van der Waals surface area contributed by atoms with E-state index in [-0.39, 0.29) is 5.82 Å². The van der Waals surface area contributed by atoms with Crippen molar-refractivity contribution in [2.24, 2.45) is 0 Å². The second-order valence-electron chi connectivity index (χ2n) is 4.92. The van der Waals surface area contributed by atoms with Gasteiger partial charge in [0.05, 0.1) is 0 Å². The maximum atomic E-state index is 13.6. The average molecular weight is 295 g/mol. The Morgan fingerprint density at radius 1 is 1.30 bits per heavy atom. The van der Waals surface area contributed by atoms with Gasteiger partial charge in [0.2, 0.25) is 0 Å². The summed E-state index contributed by atoms with van der Waals surface area (Å²) in [5.74, 6) is 0.815. The van der Waals surface area contributed by atoms with Gasteiger partial charge in [-0.15, -0.1) is 18.3 Å². The molecule has 0 aromatic heterocycles. The van der Waals surface area contributed by atoms with Gasteiger partial charge in [-0.3, -0.25) is 0 Å². The maximum Gasteiger partial charge on any atom is 0.136 e. The Bertz CT molecular complexity index is 381. The molecule has 20 heavy (non-hydrogen) atoms. The van der Waals surface area contributed by atoms with Crippen LogP contribution < -0.4 is 5.32 Å². The van der Waals surface area contributed by atoms with E-state index in [1.165, 1.54) is 25.3 Å². The highest BCUT2D eigenvalue weighted by Gasteiger charge is 2.09. The normalized spacial score (nSPS) is 12.3. The summed E-state index contributed by atoms with van der Waals surface area (Å²) in [6, 6.07) is 7.48. The standard InChI is InChI=1S/C17H26FNS/c1-3-5-6-7-8-11-15(19-4-2)14-20-17-13-10-9-12-16(17)18/h3,9-10,12-13,15,19H,1,4-8,11,14H2,2H3. The molecule has 112 valence electrons. The molecule has 0 amide bonds. The van der Waals surface area contributed by atoms with Gasteiger partial charge in [0.1, 0.15) is 5.82 Å². The van der Waals surface area contributed by atoms with Gasteiger partial charge in [0, 0.05) is 16.7 Å². The van der Waals surface area contributed by atoms with Crippen molar-refractivity contribution in [3.63, 3.8) is 0 Å². The highest BCUT2D eigenvalue weighted by atomic mass is 32.2. The van der Waals surface area contributed by atoms with Crippen LogP contribution in [0.25, 0.3) is 0 Å². The number of hydrogen-bond donors (Lipinski definition) is 1. The van der Waals surface area contributed by atoms with Gasteiger partial charge in [-0.2, -0.15) is 0 Å². The molecule has 0 fully saturated rings. The van der Waals surface area contributed by atoms with E-state index in [1.54, 1.807) is 17.8 Å². The smallest absolute Gasteiger partial charge is 0.136 e. The molecule has 1 N–H and O–H groups in total. The monoisotopic (exact) mass is 295 g/mol. The number of nitrogens with one attached hydrogen (secondary N) is 1. The molecule has 1 rings (SSSR count). The third-order valence-corrected chi connectivity index (χ3v) is 4.44. The summed E-state index contributed by atoms with van der Waals surface area (Å²) in [5.41, 5.74) is 0. The van der Waals surface area contributed by atoms with Gasteiger partial charge in [-0.25, -0.2) is 4.39 Å². The number of hydrogen-bond acceptors (Lipinski definition) is 2. The Labute approximate surface area is 127 Å². The molecule has 0 saturated carbocycles. The summed E-state index contributed by atoms with van der Waals surface area (Å²) < 4.78 is 13.6. The van der Waals surface area contributed by atoms with Crippen molar-refractivity contribution in [2.45, 2.75) is 50.0 Å². The number of allylic oxidation sites excluding steroid dienone is 1. The fraction of sp³-hybridized carbons (Fsp3) is 0.529. The van der Waals surface area contributed by atoms with Crippen LogP contribution in [0.1, 0.15) is 39.0 Å². The summed E-state index contributed by atoms with van der Waals surface area (Å²) in [7, 11) is 0. The van der Waals surface area contributed by atoms with E-state index in [2.05, 4.69) is 18.8 Å². The van der Waals surface area contributed by atoms with Crippen LogP contribution in [0.2, 0.25) is 0 Å². The second-order valence-corrected chi connectivity index (χ2v) is 5.98. The van der Waals surface area contributed by atoms with Crippen LogP contribution in [-0.2, 0) is 0 Å². The van der Waals surface area contributed by atoms with Gasteiger partial charge in [-0.1, -0.05) is 38.0 Å². The van der Waals surface area contributed by atoms with Crippen LogP contribution in [0.3, 0.4) is 0 Å². The van der Waals surface area contributed by atoms with Crippen LogP contribution in [-0.4, -0.2) is 18.3 Å².